The molecule has 0 spiro atoms. The van der Waals surface area contributed by atoms with Gasteiger partial charge in [0.15, 0.2) is 0 Å². The number of nitrogens with zero attached hydrogens (tertiary/aromatic N) is 2. The molecule has 0 fully saturated rings. The molecule has 0 bridgehead atoms. The van der Waals surface area contributed by atoms with Gasteiger partial charge in [0.1, 0.15) is 11.4 Å². The van der Waals surface area contributed by atoms with Gasteiger partial charge in [-0.1, -0.05) is 0 Å². The number of rotatable bonds is 2. The largest absolute Gasteiger partial charge is 0.497 e. The van der Waals surface area contributed by atoms with Crippen LogP contribution in [0.5, 0.6) is 5.75 Å². The summed E-state index contributed by atoms with van der Waals surface area (Å²) in [6, 6.07) is 5.75. The summed E-state index contributed by atoms with van der Waals surface area (Å²) < 4.78 is 5.23. The maximum absolute atomic E-state index is 12.5. The Morgan fingerprint density at radius 1 is 1.50 bits per heavy atom. The molecule has 20 heavy (non-hydrogen) atoms. The molecule has 1 aliphatic rings. The smallest absolute Gasteiger partial charge is 0.278 e. The van der Waals surface area contributed by atoms with E-state index in [1.165, 1.54) is 6.20 Å². The zero-order valence-corrected chi connectivity index (χ0v) is 11.2. The van der Waals surface area contributed by atoms with Gasteiger partial charge in [0.2, 0.25) is 0 Å². The van der Waals surface area contributed by atoms with Gasteiger partial charge in [-0.05, 0) is 36.6 Å². The monoisotopic (exact) mass is 272 g/mol. The number of nitrogen functional groups attached to an aromatic ring is 1. The zero-order chi connectivity index (χ0) is 14.1. The van der Waals surface area contributed by atoms with Crippen LogP contribution in [0, 0.1) is 0 Å². The van der Waals surface area contributed by atoms with Gasteiger partial charge in [0.05, 0.1) is 19.0 Å². The van der Waals surface area contributed by atoms with Gasteiger partial charge in [0.25, 0.3) is 5.91 Å². The molecule has 1 aliphatic heterocycles. The lowest BCUT2D eigenvalue weighted by atomic mass is 10.0. The Morgan fingerprint density at radius 3 is 3.05 bits per heavy atom. The van der Waals surface area contributed by atoms with Crippen molar-refractivity contribution in [2.24, 2.45) is 0 Å². The molecule has 0 saturated carbocycles. The first-order chi connectivity index (χ1) is 9.70. The molecule has 0 unspecified atom stereocenters. The minimum Gasteiger partial charge on any atom is -0.497 e. The minimum absolute atomic E-state index is 0.147. The third kappa shape index (κ3) is 1.99. The van der Waals surface area contributed by atoms with Crippen LogP contribution in [0.4, 0.5) is 11.4 Å². The fourth-order valence-electron chi connectivity index (χ4n) is 2.51. The van der Waals surface area contributed by atoms with E-state index in [0.717, 1.165) is 29.8 Å². The number of nitrogens with one attached hydrogen (secondary N) is 1. The lowest BCUT2D eigenvalue weighted by Gasteiger charge is -2.29. The quantitative estimate of drug-likeness (QED) is 0.869. The van der Waals surface area contributed by atoms with E-state index in [1.54, 1.807) is 12.0 Å². The summed E-state index contributed by atoms with van der Waals surface area (Å²) in [5, 5.41) is 6.47. The molecule has 2 heterocycles. The highest BCUT2D eigenvalue weighted by molar-refractivity contribution is 6.08. The normalized spacial score (nSPS) is 13.9. The van der Waals surface area contributed by atoms with Crippen LogP contribution in [0.1, 0.15) is 22.5 Å². The van der Waals surface area contributed by atoms with Crippen LogP contribution < -0.4 is 15.4 Å². The van der Waals surface area contributed by atoms with E-state index in [0.29, 0.717) is 17.9 Å². The number of ether oxygens (including phenoxy) is 1. The van der Waals surface area contributed by atoms with E-state index in [-0.39, 0.29) is 5.91 Å². The van der Waals surface area contributed by atoms with Crippen molar-refractivity contribution < 1.29 is 9.53 Å². The van der Waals surface area contributed by atoms with Gasteiger partial charge in [0, 0.05) is 12.2 Å². The Balaban J connectivity index is 1.98. The SMILES string of the molecule is COc1ccc2c(c1)CCCN2C(=O)c1[nH]ncc1N. The molecule has 0 radical (unpaired) electrons. The number of fused-ring (bicyclic) bond motifs is 1. The first-order valence-corrected chi connectivity index (χ1v) is 6.48. The second-order valence-corrected chi connectivity index (χ2v) is 4.76. The van der Waals surface area contributed by atoms with Crippen LogP contribution in [0.15, 0.2) is 24.4 Å². The number of methoxy groups -OCH3 is 1. The summed E-state index contributed by atoms with van der Waals surface area (Å²) in [6.45, 7) is 0.677. The van der Waals surface area contributed by atoms with Gasteiger partial charge in [-0.25, -0.2) is 0 Å². The van der Waals surface area contributed by atoms with E-state index < -0.39 is 0 Å². The first-order valence-electron chi connectivity index (χ1n) is 6.48. The number of aryl methyl sites for hydroxylation is 1. The number of carbonyl (C=O) groups excluding carboxylic acids is 1. The molecule has 104 valence electrons. The molecule has 0 saturated heterocycles. The summed E-state index contributed by atoms with van der Waals surface area (Å²) in [5.41, 5.74) is 8.49. The molecule has 1 aromatic carbocycles. The predicted octanol–water partition coefficient (Wildman–Crippen LogP) is 1.59. The number of aromatic nitrogens is 2. The molecule has 1 amide bonds. The molecule has 1 aromatic heterocycles. The van der Waals surface area contributed by atoms with Crippen LogP contribution in [0.25, 0.3) is 0 Å². The van der Waals surface area contributed by atoms with Crippen molar-refractivity contribution in [3.63, 3.8) is 0 Å². The minimum atomic E-state index is -0.147. The Morgan fingerprint density at radius 2 is 2.35 bits per heavy atom. The summed E-state index contributed by atoms with van der Waals surface area (Å²) in [5.74, 6) is 0.658. The van der Waals surface area contributed by atoms with Crippen molar-refractivity contribution in [1.29, 1.82) is 0 Å². The second kappa shape index (κ2) is 4.88. The number of anilines is 2. The lowest BCUT2D eigenvalue weighted by molar-refractivity contribution is 0.0981. The van der Waals surface area contributed by atoms with E-state index in [1.807, 2.05) is 18.2 Å². The first kappa shape index (κ1) is 12.5. The molecule has 6 nitrogen and oxygen atoms in total. The number of nitrogens with two attached hydrogens (primary N) is 1. The Bertz CT molecular complexity index is 650. The zero-order valence-electron chi connectivity index (χ0n) is 11.2. The average Bonchev–Trinajstić information content (AvgIpc) is 2.91. The molecular weight excluding hydrogens is 256 g/mol. The van der Waals surface area contributed by atoms with Crippen LogP contribution in [0.2, 0.25) is 0 Å². The summed E-state index contributed by atoms with van der Waals surface area (Å²) in [7, 11) is 1.64. The van der Waals surface area contributed by atoms with Crippen molar-refractivity contribution >= 4 is 17.3 Å². The molecule has 3 N–H and O–H groups in total. The Kier molecular flexibility index (Phi) is 3.06. The van der Waals surface area contributed by atoms with Crippen molar-refractivity contribution in [2.75, 3.05) is 24.3 Å². The molecule has 6 heteroatoms. The molecule has 2 aromatic rings. The van der Waals surface area contributed by atoms with E-state index in [9.17, 15) is 4.79 Å². The van der Waals surface area contributed by atoms with Crippen LogP contribution in [0.3, 0.4) is 0 Å². The number of hydrogen-bond donors (Lipinski definition) is 2. The van der Waals surface area contributed by atoms with Gasteiger partial charge < -0.3 is 15.4 Å². The summed E-state index contributed by atoms with van der Waals surface area (Å²) in [4.78, 5) is 14.3. The molecule has 3 rings (SSSR count). The standard InChI is InChI=1S/C14H16N4O2/c1-20-10-4-5-12-9(7-10)3-2-6-18(12)14(19)13-11(15)8-16-17-13/h4-5,7-8H,2-3,6,15H2,1H3,(H,16,17). The second-order valence-electron chi connectivity index (χ2n) is 4.76. The van der Waals surface area contributed by atoms with Gasteiger partial charge in [-0.2, -0.15) is 5.10 Å². The molecule has 0 aliphatic carbocycles. The predicted molar refractivity (Wildman–Crippen MR) is 76.0 cm³/mol. The molecular formula is C14H16N4O2. The van der Waals surface area contributed by atoms with Crippen molar-refractivity contribution in [3.05, 3.63) is 35.7 Å². The number of hydrogen-bond acceptors (Lipinski definition) is 4. The van der Waals surface area contributed by atoms with E-state index in [4.69, 9.17) is 10.5 Å². The number of aromatic amines is 1. The fourth-order valence-corrected chi connectivity index (χ4v) is 2.51. The number of amides is 1. The maximum atomic E-state index is 12.5. The highest BCUT2D eigenvalue weighted by Gasteiger charge is 2.26. The van der Waals surface area contributed by atoms with Gasteiger partial charge in [-0.15, -0.1) is 0 Å². The maximum Gasteiger partial charge on any atom is 0.278 e. The highest BCUT2D eigenvalue weighted by Crippen LogP contribution is 2.31. The van der Waals surface area contributed by atoms with Gasteiger partial charge >= 0.3 is 0 Å². The van der Waals surface area contributed by atoms with Crippen molar-refractivity contribution in [1.82, 2.24) is 10.2 Å². The number of carbonyl (C=O) groups is 1. The Hall–Kier alpha value is -2.50. The number of benzene rings is 1. The van der Waals surface area contributed by atoms with E-state index >= 15 is 0 Å². The van der Waals surface area contributed by atoms with Crippen molar-refractivity contribution in [3.8, 4) is 5.75 Å². The van der Waals surface area contributed by atoms with Crippen LogP contribution in [-0.2, 0) is 6.42 Å². The number of H-pyrrole nitrogens is 1. The van der Waals surface area contributed by atoms with Gasteiger partial charge in [-0.3, -0.25) is 9.89 Å². The van der Waals surface area contributed by atoms with Crippen LogP contribution >= 0.6 is 0 Å². The average molecular weight is 272 g/mol. The molecule has 0 atom stereocenters. The van der Waals surface area contributed by atoms with Crippen molar-refractivity contribution in [2.45, 2.75) is 12.8 Å². The summed E-state index contributed by atoms with van der Waals surface area (Å²) in [6.07, 6.45) is 3.31. The Labute approximate surface area is 116 Å². The lowest BCUT2D eigenvalue weighted by Crippen LogP contribution is -2.36. The third-order valence-electron chi connectivity index (χ3n) is 3.53. The van der Waals surface area contributed by atoms with Crippen LogP contribution in [-0.4, -0.2) is 29.8 Å². The topological polar surface area (TPSA) is 84.2 Å². The fraction of sp³-hybridized carbons (Fsp3) is 0.286. The highest BCUT2D eigenvalue weighted by atomic mass is 16.5. The summed E-state index contributed by atoms with van der Waals surface area (Å²) >= 11 is 0. The van der Waals surface area contributed by atoms with E-state index in [2.05, 4.69) is 10.2 Å². The third-order valence-corrected chi connectivity index (χ3v) is 3.53.